The molecule has 1 aliphatic rings. The minimum absolute atomic E-state index is 0.0566. The fourth-order valence-electron chi connectivity index (χ4n) is 2.52. The second kappa shape index (κ2) is 6.05. The summed E-state index contributed by atoms with van der Waals surface area (Å²) >= 11 is 6.22. The zero-order chi connectivity index (χ0) is 15.7. The smallest absolute Gasteiger partial charge is 0.246 e. The quantitative estimate of drug-likeness (QED) is 0.910. The molecule has 21 heavy (non-hydrogen) atoms. The minimum Gasteiger partial charge on any atom is -0.342 e. The molecule has 0 bridgehead atoms. The third-order valence-corrected chi connectivity index (χ3v) is 4.54. The van der Waals surface area contributed by atoms with E-state index in [0.717, 1.165) is 17.8 Å². The van der Waals surface area contributed by atoms with Gasteiger partial charge in [0.15, 0.2) is 0 Å². The van der Waals surface area contributed by atoms with E-state index in [1.165, 1.54) is 0 Å². The van der Waals surface area contributed by atoms with Crippen molar-refractivity contribution in [2.24, 2.45) is 13.0 Å². The maximum absolute atomic E-state index is 12.5. The van der Waals surface area contributed by atoms with Crippen LogP contribution in [-0.2, 0) is 23.2 Å². The summed E-state index contributed by atoms with van der Waals surface area (Å²) in [6.07, 6.45) is 0.829. The standard InChI is InChI=1S/C14H21ClN4O2/c1-5-8(2)13-14(21)19(7-11(20)16-13)6-10-12(15)9(3)17-18(10)4/h8,13H,5-7H2,1-4H3,(H,16,20). The monoisotopic (exact) mass is 312 g/mol. The molecule has 2 atom stereocenters. The Bertz CT molecular complexity index is 570. The second-order valence-electron chi connectivity index (χ2n) is 5.59. The largest absolute Gasteiger partial charge is 0.342 e. The van der Waals surface area contributed by atoms with Crippen molar-refractivity contribution < 1.29 is 9.59 Å². The number of hydrogen-bond donors (Lipinski definition) is 1. The molecule has 0 aliphatic carbocycles. The molecule has 116 valence electrons. The third kappa shape index (κ3) is 3.05. The van der Waals surface area contributed by atoms with Crippen molar-refractivity contribution in [1.29, 1.82) is 0 Å². The van der Waals surface area contributed by atoms with Crippen molar-refractivity contribution >= 4 is 23.4 Å². The van der Waals surface area contributed by atoms with Gasteiger partial charge in [-0.05, 0) is 12.8 Å². The molecule has 1 aromatic heterocycles. The van der Waals surface area contributed by atoms with Crippen LogP contribution in [0.25, 0.3) is 0 Å². The van der Waals surface area contributed by atoms with Crippen LogP contribution >= 0.6 is 11.6 Å². The Morgan fingerprint density at radius 3 is 2.67 bits per heavy atom. The van der Waals surface area contributed by atoms with E-state index >= 15 is 0 Å². The lowest BCUT2D eigenvalue weighted by Crippen LogP contribution is -2.59. The van der Waals surface area contributed by atoms with Crippen molar-refractivity contribution in [3.63, 3.8) is 0 Å². The van der Waals surface area contributed by atoms with Gasteiger partial charge in [-0.25, -0.2) is 0 Å². The predicted octanol–water partition coefficient (Wildman–Crippen LogP) is 1.26. The fraction of sp³-hybridized carbons (Fsp3) is 0.643. The molecular weight excluding hydrogens is 292 g/mol. The highest BCUT2D eigenvalue weighted by Gasteiger charge is 2.36. The molecule has 6 nitrogen and oxygen atoms in total. The zero-order valence-electron chi connectivity index (χ0n) is 12.8. The van der Waals surface area contributed by atoms with Gasteiger partial charge in [0.05, 0.1) is 23.0 Å². The van der Waals surface area contributed by atoms with Gasteiger partial charge in [0.1, 0.15) is 12.6 Å². The van der Waals surface area contributed by atoms with Gasteiger partial charge in [0, 0.05) is 7.05 Å². The van der Waals surface area contributed by atoms with E-state index in [-0.39, 0.29) is 24.3 Å². The van der Waals surface area contributed by atoms with Gasteiger partial charge in [-0.2, -0.15) is 5.10 Å². The number of rotatable bonds is 4. The predicted molar refractivity (Wildman–Crippen MR) is 79.8 cm³/mol. The van der Waals surface area contributed by atoms with Gasteiger partial charge < -0.3 is 10.2 Å². The maximum atomic E-state index is 12.5. The molecule has 1 N–H and O–H groups in total. The zero-order valence-corrected chi connectivity index (χ0v) is 13.6. The Hall–Kier alpha value is -1.56. The molecule has 1 fully saturated rings. The summed E-state index contributed by atoms with van der Waals surface area (Å²) in [7, 11) is 1.79. The number of halogens is 1. The highest BCUT2D eigenvalue weighted by atomic mass is 35.5. The average molecular weight is 313 g/mol. The first-order valence-corrected chi connectivity index (χ1v) is 7.49. The first-order chi connectivity index (χ1) is 9.85. The maximum Gasteiger partial charge on any atom is 0.246 e. The summed E-state index contributed by atoms with van der Waals surface area (Å²) in [4.78, 5) is 26.0. The molecule has 1 aliphatic heterocycles. The number of carbonyl (C=O) groups is 2. The van der Waals surface area contributed by atoms with E-state index in [4.69, 9.17) is 11.6 Å². The van der Waals surface area contributed by atoms with Crippen LogP contribution in [0.2, 0.25) is 5.02 Å². The van der Waals surface area contributed by atoms with Crippen molar-refractivity contribution in [2.75, 3.05) is 6.54 Å². The van der Waals surface area contributed by atoms with Crippen LogP contribution in [0.15, 0.2) is 0 Å². The molecule has 1 saturated heterocycles. The SMILES string of the molecule is CCC(C)C1NC(=O)CN(Cc2c(Cl)c(C)nn2C)C1=O. The van der Waals surface area contributed by atoms with E-state index in [1.54, 1.807) is 16.6 Å². The molecule has 2 unspecified atom stereocenters. The molecule has 1 aromatic rings. The fourth-order valence-corrected chi connectivity index (χ4v) is 2.74. The Kier molecular flexibility index (Phi) is 4.56. The van der Waals surface area contributed by atoms with E-state index in [9.17, 15) is 9.59 Å². The lowest BCUT2D eigenvalue weighted by molar-refractivity contribution is -0.146. The Morgan fingerprint density at radius 2 is 2.14 bits per heavy atom. The highest BCUT2D eigenvalue weighted by molar-refractivity contribution is 6.31. The average Bonchev–Trinajstić information content (AvgIpc) is 2.68. The second-order valence-corrected chi connectivity index (χ2v) is 5.97. The van der Waals surface area contributed by atoms with Crippen molar-refractivity contribution in [3.05, 3.63) is 16.4 Å². The molecule has 7 heteroatoms. The number of carbonyl (C=O) groups excluding carboxylic acids is 2. The summed E-state index contributed by atoms with van der Waals surface area (Å²) in [5.74, 6) is -0.0817. The van der Waals surface area contributed by atoms with Gasteiger partial charge in [0.2, 0.25) is 11.8 Å². The number of nitrogens with one attached hydrogen (secondary N) is 1. The summed E-state index contributed by atoms with van der Waals surface area (Å²) in [5.41, 5.74) is 1.47. The summed E-state index contributed by atoms with van der Waals surface area (Å²) in [6, 6.07) is -0.454. The molecule has 0 radical (unpaired) electrons. The highest BCUT2D eigenvalue weighted by Crippen LogP contribution is 2.23. The number of amides is 2. The van der Waals surface area contributed by atoms with Crippen LogP contribution < -0.4 is 5.32 Å². The van der Waals surface area contributed by atoms with Gasteiger partial charge >= 0.3 is 0 Å². The topological polar surface area (TPSA) is 67.2 Å². The number of aryl methyl sites for hydroxylation is 2. The molecule has 0 saturated carbocycles. The van der Waals surface area contributed by atoms with Crippen LogP contribution in [0.1, 0.15) is 31.7 Å². The lowest BCUT2D eigenvalue weighted by atomic mass is 9.96. The molecule has 2 amide bonds. The van der Waals surface area contributed by atoms with E-state index in [0.29, 0.717) is 11.6 Å². The van der Waals surface area contributed by atoms with Gasteiger partial charge in [-0.3, -0.25) is 14.3 Å². The molecular formula is C14H21ClN4O2. The molecule has 0 aromatic carbocycles. The normalized spacial score (nSPS) is 20.6. The molecule has 2 rings (SSSR count). The number of piperazine rings is 1. The lowest BCUT2D eigenvalue weighted by Gasteiger charge is -2.35. The van der Waals surface area contributed by atoms with E-state index < -0.39 is 6.04 Å². The first kappa shape index (κ1) is 15.8. The number of aromatic nitrogens is 2. The van der Waals surface area contributed by atoms with Gasteiger partial charge in [0.25, 0.3) is 0 Å². The van der Waals surface area contributed by atoms with E-state index in [1.807, 2.05) is 20.8 Å². The Balaban J connectivity index is 2.22. The Labute approximate surface area is 129 Å². The van der Waals surface area contributed by atoms with Crippen molar-refractivity contribution in [3.8, 4) is 0 Å². The number of hydrogen-bond acceptors (Lipinski definition) is 3. The van der Waals surface area contributed by atoms with Gasteiger partial charge in [-0.15, -0.1) is 0 Å². The summed E-state index contributed by atoms with van der Waals surface area (Å²) in [5, 5.41) is 7.57. The van der Waals surface area contributed by atoms with Crippen LogP contribution in [0, 0.1) is 12.8 Å². The summed E-state index contributed by atoms with van der Waals surface area (Å²) in [6.45, 7) is 6.15. The van der Waals surface area contributed by atoms with Crippen LogP contribution in [-0.4, -0.2) is 39.1 Å². The van der Waals surface area contributed by atoms with Crippen molar-refractivity contribution in [2.45, 2.75) is 39.8 Å². The Morgan fingerprint density at radius 1 is 1.48 bits per heavy atom. The first-order valence-electron chi connectivity index (χ1n) is 7.11. The van der Waals surface area contributed by atoms with E-state index in [2.05, 4.69) is 10.4 Å². The minimum atomic E-state index is -0.454. The van der Waals surface area contributed by atoms with Crippen LogP contribution in [0.5, 0.6) is 0 Å². The number of nitrogens with zero attached hydrogens (tertiary/aromatic N) is 3. The molecule has 2 heterocycles. The van der Waals surface area contributed by atoms with Gasteiger partial charge in [-0.1, -0.05) is 31.9 Å². The van der Waals surface area contributed by atoms with Crippen LogP contribution in [0.4, 0.5) is 0 Å². The summed E-state index contributed by atoms with van der Waals surface area (Å²) < 4.78 is 1.66. The third-order valence-electron chi connectivity index (χ3n) is 4.04. The van der Waals surface area contributed by atoms with Crippen molar-refractivity contribution in [1.82, 2.24) is 20.0 Å². The van der Waals surface area contributed by atoms with Crippen LogP contribution in [0.3, 0.4) is 0 Å². The molecule has 0 spiro atoms.